The molecule has 2 aromatic heterocycles. The van der Waals surface area contributed by atoms with Crippen LogP contribution in [-0.2, 0) is 9.53 Å². The molecule has 2 atom stereocenters. The highest BCUT2D eigenvalue weighted by Gasteiger charge is 2.37. The van der Waals surface area contributed by atoms with Crippen LogP contribution in [-0.4, -0.2) is 53.7 Å². The molecule has 1 aliphatic heterocycles. The van der Waals surface area contributed by atoms with Crippen LogP contribution in [0.5, 0.6) is 5.75 Å². The summed E-state index contributed by atoms with van der Waals surface area (Å²) in [5.41, 5.74) is 0.998. The van der Waals surface area contributed by atoms with Gasteiger partial charge in [-0.05, 0) is 31.2 Å². The van der Waals surface area contributed by atoms with Gasteiger partial charge in [0.2, 0.25) is 5.91 Å². The number of hydrogen-bond donors (Lipinski definition) is 0. The fourth-order valence-electron chi connectivity index (χ4n) is 3.09. The van der Waals surface area contributed by atoms with Crippen molar-refractivity contribution in [2.75, 3.05) is 32.9 Å². The van der Waals surface area contributed by atoms with Crippen molar-refractivity contribution in [2.24, 2.45) is 5.92 Å². The lowest BCUT2D eigenvalue weighted by atomic mass is 9.93. The number of ether oxygens (including phenoxy) is 2. The standard InChI is InChI=1S/C19H23N3O3/c1-2-24-14-19(23)22-11-15(13-25-16-6-9-20-10-7-16)17(12-22)18-5-3-4-8-21-18/h3-10,15,17H,2,11-14H2,1H3/t15-,17+/m0/s1. The van der Waals surface area contributed by atoms with E-state index in [9.17, 15) is 4.79 Å². The molecule has 0 radical (unpaired) electrons. The molecule has 6 nitrogen and oxygen atoms in total. The Bertz CT molecular complexity index is 666. The zero-order chi connectivity index (χ0) is 17.5. The monoisotopic (exact) mass is 341 g/mol. The summed E-state index contributed by atoms with van der Waals surface area (Å²) in [5.74, 6) is 1.16. The summed E-state index contributed by atoms with van der Waals surface area (Å²) in [7, 11) is 0. The van der Waals surface area contributed by atoms with Crippen LogP contribution in [0.25, 0.3) is 0 Å². The maximum absolute atomic E-state index is 12.3. The molecule has 3 heterocycles. The van der Waals surface area contributed by atoms with E-state index in [-0.39, 0.29) is 24.3 Å². The molecule has 0 spiro atoms. The third kappa shape index (κ3) is 4.54. The minimum atomic E-state index is 0.0224. The number of rotatable bonds is 7. The van der Waals surface area contributed by atoms with E-state index in [0.29, 0.717) is 26.3 Å². The van der Waals surface area contributed by atoms with Crippen LogP contribution in [0, 0.1) is 5.92 Å². The second kappa shape index (κ2) is 8.58. The number of hydrogen-bond acceptors (Lipinski definition) is 5. The smallest absolute Gasteiger partial charge is 0.248 e. The average Bonchev–Trinajstić information content (AvgIpc) is 3.10. The molecular weight excluding hydrogens is 318 g/mol. The second-order valence-electron chi connectivity index (χ2n) is 6.05. The van der Waals surface area contributed by atoms with Gasteiger partial charge >= 0.3 is 0 Å². The maximum atomic E-state index is 12.3. The van der Waals surface area contributed by atoms with Crippen LogP contribution in [0.3, 0.4) is 0 Å². The van der Waals surface area contributed by atoms with E-state index in [1.165, 1.54) is 0 Å². The molecule has 0 unspecified atom stereocenters. The summed E-state index contributed by atoms with van der Waals surface area (Å²) in [6.45, 7) is 4.38. The highest BCUT2D eigenvalue weighted by atomic mass is 16.5. The van der Waals surface area contributed by atoms with Crippen molar-refractivity contribution in [3.05, 3.63) is 54.6 Å². The summed E-state index contributed by atoms with van der Waals surface area (Å²) in [4.78, 5) is 22.7. The van der Waals surface area contributed by atoms with Gasteiger partial charge in [-0.2, -0.15) is 0 Å². The van der Waals surface area contributed by atoms with Crippen molar-refractivity contribution in [1.29, 1.82) is 0 Å². The highest BCUT2D eigenvalue weighted by molar-refractivity contribution is 5.78. The molecule has 0 aromatic carbocycles. The first-order valence-corrected chi connectivity index (χ1v) is 8.57. The van der Waals surface area contributed by atoms with Gasteiger partial charge in [-0.15, -0.1) is 0 Å². The van der Waals surface area contributed by atoms with Crippen molar-refractivity contribution in [2.45, 2.75) is 12.8 Å². The summed E-state index contributed by atoms with van der Waals surface area (Å²) in [6, 6.07) is 9.57. The molecule has 25 heavy (non-hydrogen) atoms. The minimum Gasteiger partial charge on any atom is -0.493 e. The molecule has 0 aliphatic carbocycles. The zero-order valence-corrected chi connectivity index (χ0v) is 14.4. The fourth-order valence-corrected chi connectivity index (χ4v) is 3.09. The molecular formula is C19H23N3O3. The number of nitrogens with zero attached hydrogens (tertiary/aromatic N) is 3. The summed E-state index contributed by atoms with van der Waals surface area (Å²) in [5, 5.41) is 0. The van der Waals surface area contributed by atoms with E-state index in [2.05, 4.69) is 9.97 Å². The Morgan fingerprint density at radius 1 is 1.20 bits per heavy atom. The Kier molecular flexibility index (Phi) is 5.95. The van der Waals surface area contributed by atoms with E-state index < -0.39 is 0 Å². The molecule has 0 N–H and O–H groups in total. The third-order valence-corrected chi connectivity index (χ3v) is 4.40. The lowest BCUT2D eigenvalue weighted by molar-refractivity contribution is -0.135. The Hall–Kier alpha value is -2.47. The normalized spacial score (nSPS) is 19.8. The third-order valence-electron chi connectivity index (χ3n) is 4.40. The predicted molar refractivity (Wildman–Crippen MR) is 93.3 cm³/mol. The number of carbonyl (C=O) groups excluding carboxylic acids is 1. The molecule has 2 aromatic rings. The number of pyridine rings is 2. The average molecular weight is 341 g/mol. The van der Waals surface area contributed by atoms with Crippen LogP contribution in [0.2, 0.25) is 0 Å². The van der Waals surface area contributed by atoms with E-state index in [1.54, 1.807) is 18.6 Å². The van der Waals surface area contributed by atoms with Gasteiger partial charge in [-0.25, -0.2) is 0 Å². The Labute approximate surface area is 147 Å². The molecule has 1 fully saturated rings. The van der Waals surface area contributed by atoms with Gasteiger partial charge in [0.25, 0.3) is 0 Å². The molecule has 1 amide bonds. The maximum Gasteiger partial charge on any atom is 0.248 e. The van der Waals surface area contributed by atoms with Crippen LogP contribution >= 0.6 is 0 Å². The van der Waals surface area contributed by atoms with Crippen molar-refractivity contribution >= 4 is 5.91 Å². The molecule has 6 heteroatoms. The van der Waals surface area contributed by atoms with Gasteiger partial charge in [0.1, 0.15) is 12.4 Å². The van der Waals surface area contributed by atoms with Crippen molar-refractivity contribution in [1.82, 2.24) is 14.9 Å². The molecule has 132 valence electrons. The highest BCUT2D eigenvalue weighted by Crippen LogP contribution is 2.32. The number of likely N-dealkylation sites (tertiary alicyclic amines) is 1. The van der Waals surface area contributed by atoms with E-state index in [1.807, 2.05) is 42.2 Å². The zero-order valence-electron chi connectivity index (χ0n) is 14.4. The molecule has 0 saturated carbocycles. The van der Waals surface area contributed by atoms with E-state index in [0.717, 1.165) is 11.4 Å². The summed E-state index contributed by atoms with van der Waals surface area (Å²) < 4.78 is 11.2. The molecule has 3 rings (SSSR count). The Morgan fingerprint density at radius 3 is 2.76 bits per heavy atom. The summed E-state index contributed by atoms with van der Waals surface area (Å²) in [6.07, 6.45) is 5.21. The van der Waals surface area contributed by atoms with Gasteiger partial charge in [0.05, 0.1) is 6.61 Å². The first-order valence-electron chi connectivity index (χ1n) is 8.57. The lowest BCUT2D eigenvalue weighted by Gasteiger charge is -2.18. The summed E-state index contributed by atoms with van der Waals surface area (Å²) >= 11 is 0. The quantitative estimate of drug-likeness (QED) is 0.772. The second-order valence-corrected chi connectivity index (χ2v) is 6.05. The first kappa shape index (κ1) is 17.4. The number of aromatic nitrogens is 2. The lowest BCUT2D eigenvalue weighted by Crippen LogP contribution is -2.32. The minimum absolute atomic E-state index is 0.0224. The van der Waals surface area contributed by atoms with E-state index in [4.69, 9.17) is 9.47 Å². The molecule has 1 aliphatic rings. The molecule has 0 bridgehead atoms. The first-order chi connectivity index (χ1) is 12.3. The topological polar surface area (TPSA) is 64.5 Å². The van der Waals surface area contributed by atoms with Crippen molar-refractivity contribution in [3.8, 4) is 5.75 Å². The Balaban J connectivity index is 1.69. The van der Waals surface area contributed by atoms with Crippen molar-refractivity contribution in [3.63, 3.8) is 0 Å². The van der Waals surface area contributed by atoms with Crippen molar-refractivity contribution < 1.29 is 14.3 Å². The van der Waals surface area contributed by atoms with Crippen LogP contribution in [0.15, 0.2) is 48.9 Å². The largest absolute Gasteiger partial charge is 0.493 e. The van der Waals surface area contributed by atoms with Gasteiger partial charge < -0.3 is 14.4 Å². The van der Waals surface area contributed by atoms with Crippen LogP contribution in [0.4, 0.5) is 0 Å². The molecule has 1 saturated heterocycles. The predicted octanol–water partition coefficient (Wildman–Crippen LogP) is 2.13. The van der Waals surface area contributed by atoms with Gasteiger partial charge in [-0.1, -0.05) is 6.07 Å². The van der Waals surface area contributed by atoms with E-state index >= 15 is 0 Å². The number of amides is 1. The fraction of sp³-hybridized carbons (Fsp3) is 0.421. The van der Waals surface area contributed by atoms with Gasteiger partial charge in [-0.3, -0.25) is 14.8 Å². The number of carbonyl (C=O) groups is 1. The van der Waals surface area contributed by atoms with Gasteiger partial charge in [0, 0.05) is 55.8 Å². The SMILES string of the molecule is CCOCC(=O)N1C[C@@H](COc2ccncc2)[C@H](c2ccccn2)C1. The van der Waals surface area contributed by atoms with Gasteiger partial charge in [0.15, 0.2) is 0 Å². The van der Waals surface area contributed by atoms with Crippen LogP contribution < -0.4 is 4.74 Å². The Morgan fingerprint density at radius 2 is 2.04 bits per heavy atom. The van der Waals surface area contributed by atoms with Crippen LogP contribution in [0.1, 0.15) is 18.5 Å².